The van der Waals surface area contributed by atoms with Gasteiger partial charge in [0.2, 0.25) is 5.91 Å². The molecule has 0 saturated heterocycles. The molecule has 1 N–H and O–H groups in total. The van der Waals surface area contributed by atoms with Gasteiger partial charge in [-0.05, 0) is 79.6 Å². The number of hydrogen-bond acceptors (Lipinski definition) is 4. The Labute approximate surface area is 176 Å². The largest absolute Gasteiger partial charge is 0.497 e. The molecule has 4 rings (SSSR count). The number of carbonyl (C=O) groups excluding carboxylic acids is 1. The van der Waals surface area contributed by atoms with E-state index in [2.05, 4.69) is 5.32 Å². The number of hydrogen-bond donors (Lipinski definition) is 1. The van der Waals surface area contributed by atoms with Crippen LogP contribution in [0, 0.1) is 17.7 Å². The first kappa shape index (κ1) is 20.7. The summed E-state index contributed by atoms with van der Waals surface area (Å²) in [6, 6.07) is 11.1. The molecule has 2 aromatic rings. The van der Waals surface area contributed by atoms with Crippen molar-refractivity contribution in [2.45, 2.75) is 36.6 Å². The third kappa shape index (κ3) is 4.14. The fourth-order valence-electron chi connectivity index (χ4n) is 4.60. The van der Waals surface area contributed by atoms with Gasteiger partial charge in [-0.3, -0.25) is 9.10 Å². The molecule has 0 spiro atoms. The second-order valence-corrected chi connectivity index (χ2v) is 9.87. The Balaban J connectivity index is 1.58. The Bertz CT molecular complexity index is 1010. The van der Waals surface area contributed by atoms with E-state index in [0.29, 0.717) is 17.6 Å². The van der Waals surface area contributed by atoms with E-state index in [-0.39, 0.29) is 29.1 Å². The number of carbonyl (C=O) groups is 1. The van der Waals surface area contributed by atoms with Gasteiger partial charge in [0.15, 0.2) is 0 Å². The Hall–Kier alpha value is -2.61. The van der Waals surface area contributed by atoms with Crippen molar-refractivity contribution < 1.29 is 22.3 Å². The summed E-state index contributed by atoms with van der Waals surface area (Å²) in [4.78, 5) is 12.8. The van der Waals surface area contributed by atoms with Gasteiger partial charge in [-0.25, -0.2) is 12.8 Å². The predicted octanol–water partition coefficient (Wildman–Crippen LogP) is 3.33. The molecule has 0 radical (unpaired) electrons. The summed E-state index contributed by atoms with van der Waals surface area (Å²) in [5.41, 5.74) is 0.232. The standard InChI is InChI=1S/C22H25FN2O4S/c1-29-19-8-10-20(11-9-19)30(27,28)25(18-6-4-17(23)5-7-18)14-22(26)24-21-13-15-2-3-16(21)12-15/h4-11,15-16,21H,2-3,12-14H2,1H3,(H,24,26)/t15-,16-,21-/m1/s1. The molecule has 0 aliphatic heterocycles. The molecule has 2 aliphatic carbocycles. The highest BCUT2D eigenvalue weighted by atomic mass is 32.2. The Kier molecular flexibility index (Phi) is 5.69. The van der Waals surface area contributed by atoms with Gasteiger partial charge in [0, 0.05) is 6.04 Å². The van der Waals surface area contributed by atoms with Crippen LogP contribution < -0.4 is 14.4 Å². The average molecular weight is 433 g/mol. The van der Waals surface area contributed by atoms with Crippen LogP contribution in [0.3, 0.4) is 0 Å². The first-order chi connectivity index (χ1) is 14.4. The zero-order valence-corrected chi connectivity index (χ0v) is 17.6. The van der Waals surface area contributed by atoms with E-state index >= 15 is 0 Å². The number of ether oxygens (including phenoxy) is 1. The predicted molar refractivity (Wildman–Crippen MR) is 111 cm³/mol. The number of fused-ring (bicyclic) bond motifs is 2. The van der Waals surface area contributed by atoms with E-state index in [9.17, 15) is 17.6 Å². The van der Waals surface area contributed by atoms with Crippen molar-refractivity contribution in [2.24, 2.45) is 11.8 Å². The summed E-state index contributed by atoms with van der Waals surface area (Å²) >= 11 is 0. The van der Waals surface area contributed by atoms with Gasteiger partial charge in [-0.15, -0.1) is 0 Å². The highest BCUT2D eigenvalue weighted by molar-refractivity contribution is 7.92. The normalized spacial score (nSPS) is 22.7. The van der Waals surface area contributed by atoms with Crippen molar-refractivity contribution in [3.63, 3.8) is 0 Å². The molecule has 6 nitrogen and oxygen atoms in total. The zero-order chi connectivity index (χ0) is 21.3. The third-order valence-corrected chi connectivity index (χ3v) is 7.92. The Morgan fingerprint density at radius 2 is 1.80 bits per heavy atom. The number of nitrogens with zero attached hydrogens (tertiary/aromatic N) is 1. The highest BCUT2D eigenvalue weighted by Gasteiger charge is 2.40. The summed E-state index contributed by atoms with van der Waals surface area (Å²) in [5.74, 6) is 0.838. The molecule has 0 unspecified atom stereocenters. The molecule has 2 saturated carbocycles. The van der Waals surface area contributed by atoms with Gasteiger partial charge in [0.05, 0.1) is 17.7 Å². The van der Waals surface area contributed by atoms with Crippen molar-refractivity contribution in [3.8, 4) is 5.75 Å². The average Bonchev–Trinajstić information content (AvgIpc) is 3.36. The van der Waals surface area contributed by atoms with Crippen molar-refractivity contribution in [1.82, 2.24) is 5.32 Å². The molecule has 2 aromatic carbocycles. The summed E-state index contributed by atoms with van der Waals surface area (Å²) in [6.45, 7) is -0.367. The van der Waals surface area contributed by atoms with Crippen molar-refractivity contribution in [3.05, 3.63) is 54.3 Å². The molecular formula is C22H25FN2O4S. The van der Waals surface area contributed by atoms with Crippen molar-refractivity contribution in [1.29, 1.82) is 0 Å². The monoisotopic (exact) mass is 432 g/mol. The molecule has 3 atom stereocenters. The van der Waals surface area contributed by atoms with Crippen LogP contribution in [0.5, 0.6) is 5.75 Å². The molecule has 1 amide bonds. The topological polar surface area (TPSA) is 75.7 Å². The highest BCUT2D eigenvalue weighted by Crippen LogP contribution is 2.44. The molecule has 0 heterocycles. The molecule has 2 bridgehead atoms. The summed E-state index contributed by atoms with van der Waals surface area (Å²) in [5, 5.41) is 3.02. The van der Waals surface area contributed by atoms with Crippen LogP contribution in [0.1, 0.15) is 25.7 Å². The molecule has 30 heavy (non-hydrogen) atoms. The van der Waals surface area contributed by atoms with Gasteiger partial charge in [0.1, 0.15) is 18.1 Å². The van der Waals surface area contributed by atoms with Crippen LogP contribution in [0.4, 0.5) is 10.1 Å². The second-order valence-electron chi connectivity index (χ2n) is 8.01. The van der Waals surface area contributed by atoms with Crippen molar-refractivity contribution >= 4 is 21.6 Å². The lowest BCUT2D eigenvalue weighted by Gasteiger charge is -2.27. The lowest BCUT2D eigenvalue weighted by Crippen LogP contribution is -2.46. The minimum absolute atomic E-state index is 0.0281. The molecule has 2 fully saturated rings. The quantitative estimate of drug-likeness (QED) is 0.728. The lowest BCUT2D eigenvalue weighted by molar-refractivity contribution is -0.120. The first-order valence-corrected chi connectivity index (χ1v) is 11.5. The van der Waals surface area contributed by atoms with Gasteiger partial charge < -0.3 is 10.1 Å². The maximum Gasteiger partial charge on any atom is 0.264 e. The number of sulfonamides is 1. The van der Waals surface area contributed by atoms with E-state index in [0.717, 1.165) is 23.6 Å². The molecule has 0 aromatic heterocycles. The van der Waals surface area contributed by atoms with Gasteiger partial charge >= 0.3 is 0 Å². The maximum absolute atomic E-state index is 13.4. The second kappa shape index (κ2) is 8.26. The maximum atomic E-state index is 13.4. The Morgan fingerprint density at radius 3 is 2.37 bits per heavy atom. The third-order valence-electron chi connectivity index (χ3n) is 6.13. The van der Waals surface area contributed by atoms with Gasteiger partial charge in [-0.1, -0.05) is 6.42 Å². The molecule has 2 aliphatic rings. The van der Waals surface area contributed by atoms with Crippen LogP contribution in [0.25, 0.3) is 0 Å². The number of nitrogens with one attached hydrogen (secondary N) is 1. The van der Waals surface area contributed by atoms with Crippen LogP contribution in [0.2, 0.25) is 0 Å². The SMILES string of the molecule is COc1ccc(S(=O)(=O)N(CC(=O)N[C@@H]2C[C@@H]3CC[C@@H]2C3)c2ccc(F)cc2)cc1. The first-order valence-electron chi connectivity index (χ1n) is 10.1. The summed E-state index contributed by atoms with van der Waals surface area (Å²) < 4.78 is 46.2. The summed E-state index contributed by atoms with van der Waals surface area (Å²) in [6.07, 6.45) is 4.42. The molecular weight excluding hydrogens is 407 g/mol. The summed E-state index contributed by atoms with van der Waals surface area (Å²) in [7, 11) is -2.54. The Morgan fingerprint density at radius 1 is 1.10 bits per heavy atom. The number of benzene rings is 2. The minimum atomic E-state index is -4.04. The minimum Gasteiger partial charge on any atom is -0.497 e. The number of rotatable bonds is 7. The zero-order valence-electron chi connectivity index (χ0n) is 16.8. The fourth-order valence-corrected chi connectivity index (χ4v) is 6.02. The fraction of sp³-hybridized carbons (Fsp3) is 0.409. The lowest BCUT2D eigenvalue weighted by atomic mass is 9.95. The number of halogens is 1. The van der Waals surface area contributed by atoms with E-state index < -0.39 is 15.8 Å². The van der Waals surface area contributed by atoms with Crippen LogP contribution >= 0.6 is 0 Å². The van der Waals surface area contributed by atoms with Crippen LogP contribution in [-0.4, -0.2) is 34.0 Å². The number of methoxy groups -OCH3 is 1. The smallest absolute Gasteiger partial charge is 0.264 e. The van der Waals surface area contributed by atoms with Crippen LogP contribution in [0.15, 0.2) is 53.4 Å². The van der Waals surface area contributed by atoms with E-state index in [1.54, 1.807) is 12.1 Å². The van der Waals surface area contributed by atoms with E-state index in [4.69, 9.17) is 4.74 Å². The van der Waals surface area contributed by atoms with Gasteiger partial charge in [-0.2, -0.15) is 0 Å². The van der Waals surface area contributed by atoms with Gasteiger partial charge in [0.25, 0.3) is 10.0 Å². The van der Waals surface area contributed by atoms with E-state index in [1.165, 1.54) is 49.9 Å². The number of anilines is 1. The van der Waals surface area contributed by atoms with Crippen molar-refractivity contribution in [2.75, 3.05) is 18.0 Å². The molecule has 160 valence electrons. The van der Waals surface area contributed by atoms with Crippen LogP contribution in [-0.2, 0) is 14.8 Å². The molecule has 8 heteroatoms. The van der Waals surface area contributed by atoms with E-state index in [1.807, 2.05) is 0 Å². The number of amides is 1.